The van der Waals surface area contributed by atoms with Gasteiger partial charge in [-0.2, -0.15) is 4.31 Å². The van der Waals surface area contributed by atoms with Crippen LogP contribution in [0.3, 0.4) is 0 Å². The molecular weight excluding hydrogens is 308 g/mol. The average molecular weight is 328 g/mol. The first kappa shape index (κ1) is 14.9. The Bertz CT molecular complexity index is 805. The van der Waals surface area contributed by atoms with Crippen LogP contribution in [0.25, 0.3) is 0 Å². The first-order valence-corrected chi connectivity index (χ1v) is 9.58. The minimum Gasteiger partial charge on any atom is -0.277 e. The largest absolute Gasteiger partial charge is 0.277 e. The summed E-state index contributed by atoms with van der Waals surface area (Å²) in [6.45, 7) is 1.89. The van der Waals surface area contributed by atoms with E-state index in [9.17, 15) is 8.42 Å². The predicted octanol–water partition coefficient (Wildman–Crippen LogP) is 2.39. The normalized spacial score (nSPS) is 23.4. The van der Waals surface area contributed by atoms with Crippen molar-refractivity contribution in [3.05, 3.63) is 71.3 Å². The van der Waals surface area contributed by atoms with Crippen molar-refractivity contribution in [1.82, 2.24) is 9.21 Å². The smallest absolute Gasteiger partial charge is 0.217 e. The molecule has 0 aromatic heterocycles. The number of benzene rings is 2. The van der Waals surface area contributed by atoms with E-state index in [1.807, 2.05) is 42.5 Å². The third-order valence-electron chi connectivity index (χ3n) is 4.82. The lowest BCUT2D eigenvalue weighted by molar-refractivity contribution is 0.141. The summed E-state index contributed by atoms with van der Waals surface area (Å²) in [5.74, 6) is 0.193. The van der Waals surface area contributed by atoms with Crippen molar-refractivity contribution in [3.8, 4) is 0 Å². The standard InChI is InChI=1S/C18H20N2O2S/c21-23(22)13-18-17-9-5-4-8-16(17)12-19(18)14-20(23)11-10-15-6-2-1-3-7-15/h1-9,18H,10-14H2. The van der Waals surface area contributed by atoms with E-state index in [0.717, 1.165) is 13.0 Å². The van der Waals surface area contributed by atoms with E-state index >= 15 is 0 Å². The monoisotopic (exact) mass is 328 g/mol. The molecule has 1 fully saturated rings. The van der Waals surface area contributed by atoms with Gasteiger partial charge in [0.25, 0.3) is 0 Å². The van der Waals surface area contributed by atoms with Gasteiger partial charge in [-0.1, -0.05) is 54.6 Å². The number of fused-ring (bicyclic) bond motifs is 3. The highest BCUT2D eigenvalue weighted by atomic mass is 32.2. The maximum atomic E-state index is 12.7. The van der Waals surface area contributed by atoms with E-state index in [1.165, 1.54) is 16.7 Å². The predicted molar refractivity (Wildman–Crippen MR) is 90.2 cm³/mol. The summed E-state index contributed by atoms with van der Waals surface area (Å²) in [6.07, 6.45) is 0.755. The second-order valence-electron chi connectivity index (χ2n) is 6.29. The Labute approximate surface area is 137 Å². The van der Waals surface area contributed by atoms with Gasteiger partial charge in [0.1, 0.15) is 0 Å². The Balaban J connectivity index is 1.51. The van der Waals surface area contributed by atoms with E-state index in [0.29, 0.717) is 13.2 Å². The Hall–Kier alpha value is -1.69. The molecule has 0 aliphatic carbocycles. The molecule has 2 aliphatic heterocycles. The minimum absolute atomic E-state index is 0.0178. The summed E-state index contributed by atoms with van der Waals surface area (Å²) in [4.78, 5) is 2.27. The summed E-state index contributed by atoms with van der Waals surface area (Å²) in [6, 6.07) is 18.3. The first-order chi connectivity index (χ1) is 11.1. The van der Waals surface area contributed by atoms with E-state index < -0.39 is 10.0 Å². The molecule has 2 aliphatic rings. The quantitative estimate of drug-likeness (QED) is 0.869. The van der Waals surface area contributed by atoms with Crippen LogP contribution in [0, 0.1) is 0 Å². The van der Waals surface area contributed by atoms with Gasteiger partial charge in [0.15, 0.2) is 0 Å². The van der Waals surface area contributed by atoms with Crippen LogP contribution in [0.2, 0.25) is 0 Å². The van der Waals surface area contributed by atoms with Crippen molar-refractivity contribution < 1.29 is 8.42 Å². The molecule has 2 heterocycles. The zero-order valence-corrected chi connectivity index (χ0v) is 13.7. The molecule has 0 radical (unpaired) electrons. The van der Waals surface area contributed by atoms with Crippen LogP contribution in [0.15, 0.2) is 54.6 Å². The van der Waals surface area contributed by atoms with Crippen LogP contribution in [0.4, 0.5) is 0 Å². The van der Waals surface area contributed by atoms with Gasteiger partial charge in [0.2, 0.25) is 10.0 Å². The molecule has 1 saturated heterocycles. The molecular formula is C18H20N2O2S. The Morgan fingerprint density at radius 3 is 2.57 bits per heavy atom. The summed E-state index contributed by atoms with van der Waals surface area (Å²) in [5, 5.41) is 0. The van der Waals surface area contributed by atoms with E-state index in [4.69, 9.17) is 0 Å². The van der Waals surface area contributed by atoms with Gasteiger partial charge in [-0.15, -0.1) is 0 Å². The molecule has 0 spiro atoms. The van der Waals surface area contributed by atoms with Crippen LogP contribution in [0.1, 0.15) is 22.7 Å². The average Bonchev–Trinajstić information content (AvgIpc) is 2.90. The summed E-state index contributed by atoms with van der Waals surface area (Å²) in [5.41, 5.74) is 3.62. The highest BCUT2D eigenvalue weighted by Crippen LogP contribution is 2.38. The molecule has 2 aromatic rings. The Kier molecular flexibility index (Phi) is 3.71. The van der Waals surface area contributed by atoms with Gasteiger partial charge in [0, 0.05) is 13.1 Å². The highest BCUT2D eigenvalue weighted by Gasteiger charge is 2.41. The van der Waals surface area contributed by atoms with Crippen LogP contribution in [-0.4, -0.2) is 36.6 Å². The van der Waals surface area contributed by atoms with Crippen LogP contribution in [-0.2, 0) is 23.0 Å². The Morgan fingerprint density at radius 2 is 1.74 bits per heavy atom. The summed E-state index contributed by atoms with van der Waals surface area (Å²) < 4.78 is 27.0. The van der Waals surface area contributed by atoms with E-state index in [-0.39, 0.29) is 11.8 Å². The maximum absolute atomic E-state index is 12.7. The fourth-order valence-electron chi connectivity index (χ4n) is 3.58. The molecule has 2 aromatic carbocycles. The van der Waals surface area contributed by atoms with Gasteiger partial charge >= 0.3 is 0 Å². The Morgan fingerprint density at radius 1 is 1.00 bits per heavy atom. The zero-order chi connectivity index (χ0) is 15.9. The van der Waals surface area contributed by atoms with Crippen LogP contribution >= 0.6 is 0 Å². The number of rotatable bonds is 3. The van der Waals surface area contributed by atoms with Crippen LogP contribution < -0.4 is 0 Å². The number of hydrogen-bond donors (Lipinski definition) is 0. The summed E-state index contributed by atoms with van der Waals surface area (Å²) >= 11 is 0. The third kappa shape index (κ3) is 2.80. The number of sulfonamides is 1. The molecule has 1 unspecified atom stereocenters. The van der Waals surface area contributed by atoms with E-state index in [2.05, 4.69) is 17.0 Å². The molecule has 0 amide bonds. The lowest BCUT2D eigenvalue weighted by Crippen LogP contribution is -2.50. The molecule has 4 nitrogen and oxygen atoms in total. The number of nitrogens with zero attached hydrogens (tertiary/aromatic N) is 2. The molecule has 0 N–H and O–H groups in total. The fourth-order valence-corrected chi connectivity index (χ4v) is 5.27. The molecule has 5 heteroatoms. The van der Waals surface area contributed by atoms with Gasteiger partial charge in [-0.25, -0.2) is 8.42 Å². The summed E-state index contributed by atoms with van der Waals surface area (Å²) in [7, 11) is -3.20. The second-order valence-corrected chi connectivity index (χ2v) is 8.31. The maximum Gasteiger partial charge on any atom is 0.217 e. The second kappa shape index (κ2) is 5.74. The zero-order valence-electron chi connectivity index (χ0n) is 12.9. The number of hydrogen-bond acceptors (Lipinski definition) is 3. The molecule has 4 rings (SSSR count). The van der Waals surface area contributed by atoms with Crippen molar-refractivity contribution in [1.29, 1.82) is 0 Å². The van der Waals surface area contributed by atoms with Crippen molar-refractivity contribution >= 4 is 10.0 Å². The SMILES string of the molecule is O=S1(=O)CC2c3ccccc3CN2CN1CCc1ccccc1. The lowest BCUT2D eigenvalue weighted by Gasteiger charge is -2.37. The molecule has 1 atom stereocenters. The fraction of sp³-hybridized carbons (Fsp3) is 0.333. The van der Waals surface area contributed by atoms with Crippen molar-refractivity contribution in [2.75, 3.05) is 19.0 Å². The molecule has 0 bridgehead atoms. The van der Waals surface area contributed by atoms with Gasteiger partial charge in [-0.3, -0.25) is 4.90 Å². The molecule has 120 valence electrons. The highest BCUT2D eigenvalue weighted by molar-refractivity contribution is 7.89. The molecule has 23 heavy (non-hydrogen) atoms. The minimum atomic E-state index is -3.20. The van der Waals surface area contributed by atoms with Crippen molar-refractivity contribution in [3.63, 3.8) is 0 Å². The van der Waals surface area contributed by atoms with Crippen molar-refractivity contribution in [2.45, 2.75) is 19.0 Å². The van der Waals surface area contributed by atoms with Gasteiger partial charge < -0.3 is 0 Å². The van der Waals surface area contributed by atoms with Crippen molar-refractivity contribution in [2.24, 2.45) is 0 Å². The van der Waals surface area contributed by atoms with Gasteiger partial charge in [-0.05, 0) is 23.1 Å². The lowest BCUT2D eigenvalue weighted by atomic mass is 10.1. The van der Waals surface area contributed by atoms with Crippen LogP contribution in [0.5, 0.6) is 0 Å². The molecule has 0 saturated carbocycles. The van der Waals surface area contributed by atoms with Gasteiger partial charge in [0.05, 0.1) is 18.5 Å². The van der Waals surface area contributed by atoms with E-state index in [1.54, 1.807) is 4.31 Å². The third-order valence-corrected chi connectivity index (χ3v) is 6.64. The first-order valence-electron chi connectivity index (χ1n) is 7.97. The topological polar surface area (TPSA) is 40.6 Å².